The van der Waals surface area contributed by atoms with Crippen molar-refractivity contribution in [2.75, 3.05) is 6.61 Å². The zero-order valence-corrected chi connectivity index (χ0v) is 16.9. The SMILES string of the molecule is [CH2]CCCCCCCCCCCCCOOC(=O)c1ccc(C)cc1C. The Balaban J connectivity index is 1.91. The Kier molecular flexibility index (Phi) is 12.9. The van der Waals surface area contributed by atoms with Gasteiger partial charge in [0.05, 0.1) is 12.2 Å². The lowest BCUT2D eigenvalue weighted by Gasteiger charge is -2.07. The molecule has 0 saturated heterocycles. The number of hydrogen-bond donors (Lipinski definition) is 0. The van der Waals surface area contributed by atoms with Gasteiger partial charge >= 0.3 is 5.97 Å². The standard InChI is InChI=1S/C23H37O3/c1-4-5-6-7-8-9-10-11-12-13-14-15-18-25-26-23(24)22-17-16-20(2)19-21(22)3/h16-17,19H,1,4-15,18H2,2-3H3. The Labute approximate surface area is 160 Å². The summed E-state index contributed by atoms with van der Waals surface area (Å²) in [5, 5.41) is 0. The molecule has 0 heterocycles. The van der Waals surface area contributed by atoms with Crippen molar-refractivity contribution in [3.63, 3.8) is 0 Å². The number of benzene rings is 1. The van der Waals surface area contributed by atoms with E-state index in [9.17, 15) is 4.79 Å². The summed E-state index contributed by atoms with van der Waals surface area (Å²) in [5.41, 5.74) is 2.62. The van der Waals surface area contributed by atoms with E-state index in [2.05, 4.69) is 6.92 Å². The molecule has 0 aliphatic heterocycles. The normalized spacial score (nSPS) is 10.9. The molecule has 0 fully saturated rings. The summed E-state index contributed by atoms with van der Waals surface area (Å²) >= 11 is 0. The monoisotopic (exact) mass is 361 g/mol. The van der Waals surface area contributed by atoms with Gasteiger partial charge in [-0.2, -0.15) is 4.89 Å². The van der Waals surface area contributed by atoms with Crippen LogP contribution in [0.3, 0.4) is 0 Å². The molecule has 0 aromatic heterocycles. The molecule has 1 aromatic rings. The van der Waals surface area contributed by atoms with E-state index in [1.807, 2.05) is 26.0 Å². The maximum Gasteiger partial charge on any atom is 0.373 e. The van der Waals surface area contributed by atoms with Crippen molar-refractivity contribution in [1.82, 2.24) is 0 Å². The van der Waals surface area contributed by atoms with Crippen LogP contribution in [0.15, 0.2) is 18.2 Å². The molecule has 0 atom stereocenters. The highest BCUT2D eigenvalue weighted by Gasteiger charge is 2.11. The maximum absolute atomic E-state index is 11.9. The topological polar surface area (TPSA) is 35.5 Å². The second-order valence-corrected chi connectivity index (χ2v) is 7.25. The highest BCUT2D eigenvalue weighted by molar-refractivity contribution is 5.90. The largest absolute Gasteiger partial charge is 0.373 e. The third-order valence-electron chi connectivity index (χ3n) is 4.71. The number of rotatable bonds is 15. The maximum atomic E-state index is 11.9. The van der Waals surface area contributed by atoms with Gasteiger partial charge in [-0.3, -0.25) is 4.89 Å². The summed E-state index contributed by atoms with van der Waals surface area (Å²) in [4.78, 5) is 21.9. The van der Waals surface area contributed by atoms with Gasteiger partial charge in [-0.25, -0.2) is 4.79 Å². The Hall–Kier alpha value is -1.35. The number of aryl methyl sites for hydroxylation is 2. The van der Waals surface area contributed by atoms with E-state index in [-0.39, 0.29) is 0 Å². The lowest BCUT2D eigenvalue weighted by molar-refractivity contribution is -0.241. The van der Waals surface area contributed by atoms with E-state index >= 15 is 0 Å². The van der Waals surface area contributed by atoms with Crippen molar-refractivity contribution >= 4 is 5.97 Å². The van der Waals surface area contributed by atoms with Crippen LogP contribution in [-0.2, 0) is 9.78 Å². The third-order valence-corrected chi connectivity index (χ3v) is 4.71. The second kappa shape index (κ2) is 14.8. The lowest BCUT2D eigenvalue weighted by atomic mass is 10.1. The minimum Gasteiger partial charge on any atom is -0.293 e. The van der Waals surface area contributed by atoms with Gasteiger partial charge in [-0.1, -0.05) is 95.2 Å². The third kappa shape index (κ3) is 10.6. The molecule has 0 aliphatic carbocycles. The first-order chi connectivity index (χ1) is 12.6. The van der Waals surface area contributed by atoms with Crippen LogP contribution in [0, 0.1) is 20.8 Å². The minimum absolute atomic E-state index is 0.405. The van der Waals surface area contributed by atoms with Crippen LogP contribution in [0.1, 0.15) is 98.5 Å². The molecular weight excluding hydrogens is 324 g/mol. The predicted molar refractivity (Wildman–Crippen MR) is 108 cm³/mol. The molecule has 0 spiro atoms. The first-order valence-corrected chi connectivity index (χ1v) is 10.4. The van der Waals surface area contributed by atoms with Crippen molar-refractivity contribution in [2.24, 2.45) is 0 Å². The van der Waals surface area contributed by atoms with Crippen molar-refractivity contribution in [3.05, 3.63) is 41.8 Å². The fourth-order valence-corrected chi connectivity index (χ4v) is 3.11. The summed E-state index contributed by atoms with van der Waals surface area (Å²) in [7, 11) is 0. The number of unbranched alkanes of at least 4 members (excludes halogenated alkanes) is 11. The summed E-state index contributed by atoms with van der Waals surface area (Å²) in [6, 6.07) is 5.67. The van der Waals surface area contributed by atoms with Crippen molar-refractivity contribution in [1.29, 1.82) is 0 Å². The Morgan fingerprint density at radius 2 is 1.38 bits per heavy atom. The Morgan fingerprint density at radius 3 is 1.92 bits per heavy atom. The van der Waals surface area contributed by atoms with Gasteiger partial charge in [0, 0.05) is 0 Å². The highest BCUT2D eigenvalue weighted by atomic mass is 17.2. The molecule has 3 nitrogen and oxygen atoms in total. The fourth-order valence-electron chi connectivity index (χ4n) is 3.11. The van der Waals surface area contributed by atoms with Gasteiger partial charge < -0.3 is 0 Å². The molecule has 0 N–H and O–H groups in total. The second-order valence-electron chi connectivity index (χ2n) is 7.25. The van der Waals surface area contributed by atoms with Gasteiger partial charge in [-0.05, 0) is 31.9 Å². The number of carbonyl (C=O) groups excluding carboxylic acids is 1. The average Bonchev–Trinajstić information content (AvgIpc) is 2.61. The first kappa shape index (κ1) is 22.7. The number of carbonyl (C=O) groups is 1. The predicted octanol–water partition coefficient (Wildman–Crippen LogP) is 6.91. The van der Waals surface area contributed by atoms with Crippen LogP contribution in [-0.4, -0.2) is 12.6 Å². The van der Waals surface area contributed by atoms with Crippen LogP contribution in [0.2, 0.25) is 0 Å². The van der Waals surface area contributed by atoms with E-state index in [4.69, 9.17) is 9.78 Å². The average molecular weight is 362 g/mol. The van der Waals surface area contributed by atoms with E-state index in [0.29, 0.717) is 12.2 Å². The molecule has 0 unspecified atom stereocenters. The molecule has 0 bridgehead atoms. The van der Waals surface area contributed by atoms with Crippen LogP contribution in [0.4, 0.5) is 0 Å². The van der Waals surface area contributed by atoms with E-state index in [0.717, 1.165) is 30.4 Å². The quantitative estimate of drug-likeness (QED) is 0.193. The van der Waals surface area contributed by atoms with Crippen LogP contribution >= 0.6 is 0 Å². The minimum atomic E-state index is -0.405. The number of hydrogen-bond acceptors (Lipinski definition) is 3. The molecule has 147 valence electrons. The van der Waals surface area contributed by atoms with Crippen molar-refractivity contribution in [3.8, 4) is 0 Å². The molecule has 26 heavy (non-hydrogen) atoms. The van der Waals surface area contributed by atoms with Crippen molar-refractivity contribution in [2.45, 2.75) is 90.9 Å². The molecule has 3 heteroatoms. The van der Waals surface area contributed by atoms with Crippen LogP contribution in [0.25, 0.3) is 0 Å². The zero-order valence-electron chi connectivity index (χ0n) is 16.9. The lowest BCUT2D eigenvalue weighted by Crippen LogP contribution is -2.08. The van der Waals surface area contributed by atoms with Crippen LogP contribution < -0.4 is 0 Å². The molecule has 1 radical (unpaired) electrons. The first-order valence-electron chi connectivity index (χ1n) is 10.4. The van der Waals surface area contributed by atoms with E-state index in [1.54, 1.807) is 6.07 Å². The summed E-state index contributed by atoms with van der Waals surface area (Å²) < 4.78 is 0. The van der Waals surface area contributed by atoms with Crippen molar-refractivity contribution < 1.29 is 14.6 Å². The Morgan fingerprint density at radius 1 is 0.846 bits per heavy atom. The fraction of sp³-hybridized carbons (Fsp3) is 0.652. The van der Waals surface area contributed by atoms with E-state index in [1.165, 1.54) is 57.8 Å². The molecule has 0 aliphatic rings. The Bertz CT molecular complexity index is 496. The van der Waals surface area contributed by atoms with Gasteiger partial charge in [0.25, 0.3) is 0 Å². The summed E-state index contributed by atoms with van der Waals surface area (Å²) in [6.45, 7) is 8.26. The zero-order chi connectivity index (χ0) is 19.0. The summed E-state index contributed by atoms with van der Waals surface area (Å²) in [6.07, 6.45) is 15.1. The van der Waals surface area contributed by atoms with E-state index < -0.39 is 5.97 Å². The molecule has 0 saturated carbocycles. The van der Waals surface area contributed by atoms with Gasteiger partial charge in [-0.15, -0.1) is 0 Å². The molecule has 1 aromatic carbocycles. The van der Waals surface area contributed by atoms with Crippen LogP contribution in [0.5, 0.6) is 0 Å². The smallest absolute Gasteiger partial charge is 0.293 e. The molecular formula is C23H37O3. The van der Waals surface area contributed by atoms with Gasteiger partial charge in [0.2, 0.25) is 0 Å². The molecule has 1 rings (SSSR count). The van der Waals surface area contributed by atoms with Gasteiger partial charge in [0.1, 0.15) is 0 Å². The summed E-state index contributed by atoms with van der Waals surface area (Å²) in [5.74, 6) is -0.405. The highest BCUT2D eigenvalue weighted by Crippen LogP contribution is 2.13. The van der Waals surface area contributed by atoms with Gasteiger partial charge in [0.15, 0.2) is 0 Å². The molecule has 0 amide bonds.